The number of ether oxygens (including phenoxy) is 3. The van der Waals surface area contributed by atoms with Gasteiger partial charge in [0, 0.05) is 15.1 Å². The summed E-state index contributed by atoms with van der Waals surface area (Å²) in [4.78, 5) is 11.2. The van der Waals surface area contributed by atoms with Gasteiger partial charge in [-0.1, -0.05) is 27.7 Å². The van der Waals surface area contributed by atoms with Gasteiger partial charge in [-0.05, 0) is 55.8 Å². The normalized spacial score (nSPS) is 11.8. The zero-order valence-electron chi connectivity index (χ0n) is 18.1. The number of nitrogens with zero attached hydrogens (tertiary/aromatic N) is 4. The van der Waals surface area contributed by atoms with Gasteiger partial charge in [-0.3, -0.25) is 14.7 Å². The van der Waals surface area contributed by atoms with Gasteiger partial charge in [0.1, 0.15) is 16.8 Å². The minimum absolute atomic E-state index is 0.310. The van der Waals surface area contributed by atoms with E-state index in [1.54, 1.807) is 26.4 Å². The van der Waals surface area contributed by atoms with Crippen LogP contribution in [-0.4, -0.2) is 47.1 Å². The highest BCUT2D eigenvalue weighted by Gasteiger charge is 2.27. The molecule has 170 valence electrons. The molecule has 0 aliphatic heterocycles. The Balaban J connectivity index is 2.02. The van der Waals surface area contributed by atoms with E-state index in [-0.39, 0.29) is 11.5 Å². The summed E-state index contributed by atoms with van der Waals surface area (Å²) < 4.78 is 18.8. The number of aromatic nitrogens is 3. The van der Waals surface area contributed by atoms with Crippen molar-refractivity contribution in [2.45, 2.75) is 24.3 Å². The molecule has 0 fully saturated rings. The summed E-state index contributed by atoms with van der Waals surface area (Å²) in [5.41, 5.74) is 1.54. The van der Waals surface area contributed by atoms with Crippen molar-refractivity contribution in [3.8, 4) is 22.9 Å². The van der Waals surface area contributed by atoms with Crippen LogP contribution in [0.2, 0.25) is 0 Å². The summed E-state index contributed by atoms with van der Waals surface area (Å²) in [5, 5.41) is 20.0. The molecule has 0 bridgehead atoms. The molecule has 1 aromatic heterocycles. The monoisotopic (exact) mass is 522 g/mol. The van der Waals surface area contributed by atoms with Crippen LogP contribution in [0.25, 0.3) is 5.69 Å². The van der Waals surface area contributed by atoms with Crippen molar-refractivity contribution in [2.24, 2.45) is 0 Å². The smallest absolute Gasteiger partial charge is 0.220 e. The molecule has 0 saturated heterocycles. The second-order valence-electron chi connectivity index (χ2n) is 6.64. The lowest BCUT2D eigenvalue weighted by atomic mass is 10.1. The minimum Gasteiger partial charge on any atom is -0.497 e. The number of aryl methyl sites for hydroxylation is 1. The van der Waals surface area contributed by atoms with Crippen molar-refractivity contribution in [1.82, 2.24) is 14.8 Å². The molecule has 0 unspecified atom stereocenters. The van der Waals surface area contributed by atoms with Gasteiger partial charge in [0.25, 0.3) is 0 Å². The molecular formula is C21H23BrN4O5S. The van der Waals surface area contributed by atoms with Crippen LogP contribution in [-0.2, 0) is 0 Å². The van der Waals surface area contributed by atoms with Crippen LogP contribution in [0.3, 0.4) is 0 Å². The van der Waals surface area contributed by atoms with Crippen LogP contribution in [0, 0.1) is 17.0 Å². The number of halogens is 1. The van der Waals surface area contributed by atoms with Crippen LogP contribution in [0.4, 0.5) is 0 Å². The Morgan fingerprint density at radius 1 is 1.16 bits per heavy atom. The molecule has 11 heteroatoms. The van der Waals surface area contributed by atoms with Crippen LogP contribution in [0.15, 0.2) is 46.0 Å². The van der Waals surface area contributed by atoms with Gasteiger partial charge in [-0.25, -0.2) is 0 Å². The highest BCUT2D eigenvalue weighted by atomic mass is 79.9. The van der Waals surface area contributed by atoms with Crippen molar-refractivity contribution in [1.29, 1.82) is 0 Å². The fourth-order valence-corrected chi connectivity index (χ4v) is 5.09. The van der Waals surface area contributed by atoms with Gasteiger partial charge in [0.05, 0.1) is 20.8 Å². The summed E-state index contributed by atoms with van der Waals surface area (Å²) in [7, 11) is 3.15. The molecule has 9 nitrogen and oxygen atoms in total. The predicted octanol–water partition coefficient (Wildman–Crippen LogP) is 4.86. The lowest BCUT2D eigenvalue weighted by molar-refractivity contribution is -0.479. The van der Waals surface area contributed by atoms with Crippen LogP contribution < -0.4 is 14.2 Å². The van der Waals surface area contributed by atoms with Gasteiger partial charge in [0.15, 0.2) is 16.7 Å². The van der Waals surface area contributed by atoms with Crippen LogP contribution >= 0.6 is 27.7 Å². The number of nitro groups is 1. The summed E-state index contributed by atoms with van der Waals surface area (Å²) >= 11 is 4.80. The Morgan fingerprint density at radius 3 is 2.47 bits per heavy atom. The van der Waals surface area contributed by atoms with Crippen molar-refractivity contribution in [3.05, 3.63) is 62.4 Å². The molecule has 32 heavy (non-hydrogen) atoms. The topological polar surface area (TPSA) is 102 Å². The Labute approximate surface area is 198 Å². The Kier molecular flexibility index (Phi) is 7.97. The number of hydrogen-bond acceptors (Lipinski definition) is 8. The third kappa shape index (κ3) is 5.33. The van der Waals surface area contributed by atoms with Crippen molar-refractivity contribution < 1.29 is 19.1 Å². The van der Waals surface area contributed by atoms with Crippen molar-refractivity contribution in [3.63, 3.8) is 0 Å². The van der Waals surface area contributed by atoms with Gasteiger partial charge in [-0.15, -0.1) is 10.2 Å². The number of rotatable bonds is 10. The van der Waals surface area contributed by atoms with E-state index in [0.717, 1.165) is 11.4 Å². The molecule has 3 aromatic rings. The van der Waals surface area contributed by atoms with E-state index in [2.05, 4.69) is 26.1 Å². The Morgan fingerprint density at radius 2 is 1.88 bits per heavy atom. The van der Waals surface area contributed by atoms with Crippen molar-refractivity contribution in [2.75, 3.05) is 27.4 Å². The van der Waals surface area contributed by atoms with Gasteiger partial charge in [0.2, 0.25) is 6.54 Å². The first-order valence-electron chi connectivity index (χ1n) is 9.73. The average Bonchev–Trinajstić information content (AvgIpc) is 3.14. The first-order chi connectivity index (χ1) is 15.4. The summed E-state index contributed by atoms with van der Waals surface area (Å²) in [6, 6.07) is 11.0. The van der Waals surface area contributed by atoms with Gasteiger partial charge in [-0.2, -0.15) is 0 Å². The van der Waals surface area contributed by atoms with E-state index in [4.69, 9.17) is 14.2 Å². The summed E-state index contributed by atoms with van der Waals surface area (Å²) in [6.45, 7) is 3.83. The van der Waals surface area contributed by atoms with Gasteiger partial charge >= 0.3 is 0 Å². The van der Waals surface area contributed by atoms with Crippen LogP contribution in [0.5, 0.6) is 17.2 Å². The van der Waals surface area contributed by atoms with E-state index < -0.39 is 5.25 Å². The SMILES string of the molecule is CCOc1cc([C@@H](C[N+](=O)[O-])Sc2nnc(C)n2-c2ccc(OC)cc2)c(Br)cc1OC. The van der Waals surface area contributed by atoms with Crippen LogP contribution in [0.1, 0.15) is 23.6 Å². The molecule has 1 atom stereocenters. The largest absolute Gasteiger partial charge is 0.497 e. The lowest BCUT2D eigenvalue weighted by Gasteiger charge is -2.18. The number of thioether (sulfide) groups is 1. The van der Waals surface area contributed by atoms with E-state index in [0.29, 0.717) is 39.1 Å². The Hall–Kier alpha value is -2.79. The van der Waals surface area contributed by atoms with Gasteiger partial charge < -0.3 is 14.2 Å². The number of hydrogen-bond donors (Lipinski definition) is 0. The quantitative estimate of drug-likeness (QED) is 0.211. The fraction of sp³-hybridized carbons (Fsp3) is 0.333. The second-order valence-corrected chi connectivity index (χ2v) is 8.67. The molecule has 2 aromatic carbocycles. The van der Waals surface area contributed by atoms with E-state index in [1.807, 2.05) is 42.7 Å². The minimum atomic E-state index is -0.551. The molecule has 0 aliphatic carbocycles. The molecule has 1 heterocycles. The van der Waals surface area contributed by atoms with E-state index >= 15 is 0 Å². The standard InChI is InChI=1S/C21H23BrN4O5S/c1-5-31-19-10-16(17(22)11-18(19)30-4)20(12-25(27)28)32-21-24-23-13(2)26(21)14-6-8-15(29-3)9-7-14/h6-11,20H,5,12H2,1-4H3/t20-/m1/s1. The molecular weight excluding hydrogens is 500 g/mol. The van der Waals surface area contributed by atoms with E-state index in [9.17, 15) is 10.1 Å². The summed E-state index contributed by atoms with van der Waals surface area (Å²) in [5.74, 6) is 2.46. The molecule has 0 aliphatic rings. The highest BCUT2D eigenvalue weighted by molar-refractivity contribution is 9.10. The zero-order chi connectivity index (χ0) is 23.3. The first kappa shape index (κ1) is 23.9. The average molecular weight is 523 g/mol. The molecule has 0 amide bonds. The third-order valence-corrected chi connectivity index (χ3v) is 6.47. The molecule has 0 spiro atoms. The number of benzene rings is 2. The first-order valence-corrected chi connectivity index (χ1v) is 11.4. The summed E-state index contributed by atoms with van der Waals surface area (Å²) in [6.07, 6.45) is 0. The maximum atomic E-state index is 11.5. The highest BCUT2D eigenvalue weighted by Crippen LogP contribution is 2.43. The van der Waals surface area contributed by atoms with E-state index in [1.165, 1.54) is 11.8 Å². The molecule has 0 radical (unpaired) electrons. The second kappa shape index (κ2) is 10.7. The van der Waals surface area contributed by atoms with Crippen molar-refractivity contribution >= 4 is 27.7 Å². The molecule has 0 saturated carbocycles. The lowest BCUT2D eigenvalue weighted by Crippen LogP contribution is -2.12. The predicted molar refractivity (Wildman–Crippen MR) is 125 cm³/mol. The molecule has 0 N–H and O–H groups in total. The third-order valence-electron chi connectivity index (χ3n) is 4.62. The fourth-order valence-electron chi connectivity index (χ4n) is 3.13. The Bertz CT molecular complexity index is 1090. The maximum absolute atomic E-state index is 11.5. The molecule has 3 rings (SSSR count). The maximum Gasteiger partial charge on any atom is 0.220 e. The number of methoxy groups -OCH3 is 2. The zero-order valence-corrected chi connectivity index (χ0v) is 20.5.